The third-order valence-electron chi connectivity index (χ3n) is 2.11. The fourth-order valence-electron chi connectivity index (χ4n) is 1.23. The number of rotatable bonds is 5. The van der Waals surface area contributed by atoms with E-state index in [4.69, 9.17) is 9.15 Å². The van der Waals surface area contributed by atoms with Gasteiger partial charge < -0.3 is 14.3 Å². The highest BCUT2D eigenvalue weighted by atomic mass is 16.5. The van der Waals surface area contributed by atoms with Gasteiger partial charge in [0, 0.05) is 19.4 Å². The molecule has 13 heavy (non-hydrogen) atoms. The van der Waals surface area contributed by atoms with Crippen molar-refractivity contribution in [2.75, 3.05) is 13.7 Å². The Morgan fingerprint density at radius 3 is 2.92 bits per heavy atom. The molecule has 0 radical (unpaired) electrons. The van der Waals surface area contributed by atoms with Crippen molar-refractivity contribution >= 4 is 0 Å². The van der Waals surface area contributed by atoms with Crippen molar-refractivity contribution in [3.8, 4) is 0 Å². The monoisotopic (exact) mass is 184 g/mol. The van der Waals surface area contributed by atoms with Gasteiger partial charge >= 0.3 is 0 Å². The second kappa shape index (κ2) is 5.04. The summed E-state index contributed by atoms with van der Waals surface area (Å²) in [7, 11) is 1.64. The minimum Gasteiger partial charge on any atom is -0.472 e. The van der Waals surface area contributed by atoms with Gasteiger partial charge in [-0.1, -0.05) is 6.92 Å². The van der Waals surface area contributed by atoms with E-state index < -0.39 is 0 Å². The highest BCUT2D eigenvalue weighted by molar-refractivity contribution is 5.06. The molecule has 3 heteroatoms. The summed E-state index contributed by atoms with van der Waals surface area (Å²) in [6.45, 7) is 2.55. The molecule has 3 nitrogen and oxygen atoms in total. The quantitative estimate of drug-likeness (QED) is 0.753. The van der Waals surface area contributed by atoms with Crippen LogP contribution in [-0.2, 0) is 11.2 Å². The molecule has 1 heterocycles. The zero-order valence-corrected chi connectivity index (χ0v) is 8.06. The van der Waals surface area contributed by atoms with Gasteiger partial charge in [0.15, 0.2) is 0 Å². The van der Waals surface area contributed by atoms with E-state index in [-0.39, 0.29) is 12.0 Å². The minimum atomic E-state index is -0.363. The number of aliphatic hydroxyl groups excluding tert-OH is 1. The van der Waals surface area contributed by atoms with Crippen LogP contribution >= 0.6 is 0 Å². The van der Waals surface area contributed by atoms with Crippen LogP contribution in [0.4, 0.5) is 0 Å². The first-order valence-electron chi connectivity index (χ1n) is 4.42. The Morgan fingerprint density at radius 1 is 1.62 bits per heavy atom. The number of hydrogen-bond acceptors (Lipinski definition) is 3. The average molecular weight is 184 g/mol. The van der Waals surface area contributed by atoms with Gasteiger partial charge in [-0.25, -0.2) is 0 Å². The Morgan fingerprint density at radius 2 is 2.38 bits per heavy atom. The molecule has 0 saturated carbocycles. The van der Waals surface area contributed by atoms with Crippen molar-refractivity contribution in [2.45, 2.75) is 19.4 Å². The third kappa shape index (κ3) is 3.20. The smallest absolute Gasteiger partial charge is 0.0935 e. The molecule has 0 aliphatic carbocycles. The van der Waals surface area contributed by atoms with Crippen LogP contribution < -0.4 is 0 Å². The van der Waals surface area contributed by atoms with Crippen LogP contribution in [0.1, 0.15) is 12.5 Å². The molecule has 0 aliphatic rings. The van der Waals surface area contributed by atoms with E-state index in [9.17, 15) is 5.11 Å². The first-order chi connectivity index (χ1) is 6.24. The Balaban J connectivity index is 2.36. The molecule has 0 bridgehead atoms. The maximum atomic E-state index is 9.70. The van der Waals surface area contributed by atoms with E-state index in [2.05, 4.69) is 0 Å². The Kier molecular flexibility index (Phi) is 3.99. The van der Waals surface area contributed by atoms with Crippen LogP contribution in [0.25, 0.3) is 0 Å². The molecular formula is C10H16O3. The van der Waals surface area contributed by atoms with Gasteiger partial charge in [0.05, 0.1) is 25.2 Å². The molecule has 1 N–H and O–H groups in total. The molecule has 2 unspecified atom stereocenters. The summed E-state index contributed by atoms with van der Waals surface area (Å²) in [5.41, 5.74) is 1.02. The second-order valence-corrected chi connectivity index (χ2v) is 3.34. The zero-order valence-electron chi connectivity index (χ0n) is 8.06. The van der Waals surface area contributed by atoms with Crippen LogP contribution in [0.15, 0.2) is 23.0 Å². The summed E-state index contributed by atoms with van der Waals surface area (Å²) < 4.78 is 9.87. The van der Waals surface area contributed by atoms with Crippen molar-refractivity contribution in [3.05, 3.63) is 24.2 Å². The van der Waals surface area contributed by atoms with E-state index in [0.29, 0.717) is 13.0 Å². The van der Waals surface area contributed by atoms with Crippen molar-refractivity contribution in [1.29, 1.82) is 0 Å². The molecule has 1 aromatic rings. The maximum absolute atomic E-state index is 9.70. The van der Waals surface area contributed by atoms with Crippen LogP contribution in [0.3, 0.4) is 0 Å². The first-order valence-corrected chi connectivity index (χ1v) is 4.42. The van der Waals surface area contributed by atoms with Gasteiger partial charge in [-0.3, -0.25) is 0 Å². The summed E-state index contributed by atoms with van der Waals surface area (Å²) in [5, 5.41) is 9.70. The van der Waals surface area contributed by atoms with Gasteiger partial charge in [0.2, 0.25) is 0 Å². The molecule has 0 aromatic carbocycles. The van der Waals surface area contributed by atoms with Crippen molar-refractivity contribution in [2.24, 2.45) is 5.92 Å². The highest BCUT2D eigenvalue weighted by Crippen LogP contribution is 2.11. The minimum absolute atomic E-state index is 0.153. The van der Waals surface area contributed by atoms with Crippen molar-refractivity contribution in [1.82, 2.24) is 0 Å². The number of methoxy groups -OCH3 is 1. The van der Waals surface area contributed by atoms with Crippen LogP contribution in [0.5, 0.6) is 0 Å². The fourth-order valence-corrected chi connectivity index (χ4v) is 1.23. The molecule has 0 spiro atoms. The Hall–Kier alpha value is -0.800. The topological polar surface area (TPSA) is 42.6 Å². The number of hydrogen-bond donors (Lipinski definition) is 1. The van der Waals surface area contributed by atoms with Crippen LogP contribution in [0.2, 0.25) is 0 Å². The van der Waals surface area contributed by atoms with Gasteiger partial charge in [-0.05, 0) is 11.6 Å². The van der Waals surface area contributed by atoms with E-state index >= 15 is 0 Å². The largest absolute Gasteiger partial charge is 0.472 e. The molecule has 1 aromatic heterocycles. The van der Waals surface area contributed by atoms with Crippen molar-refractivity contribution in [3.63, 3.8) is 0 Å². The van der Waals surface area contributed by atoms with Crippen molar-refractivity contribution < 1.29 is 14.3 Å². The number of furan rings is 1. The standard InChI is InChI=1S/C10H16O3/c1-8(6-12-2)10(11)5-9-3-4-13-7-9/h3-4,7-8,10-11H,5-6H2,1-2H3. The molecule has 1 rings (SSSR count). The summed E-state index contributed by atoms with van der Waals surface area (Å²) in [6.07, 6.45) is 3.53. The highest BCUT2D eigenvalue weighted by Gasteiger charge is 2.14. The Labute approximate surface area is 78.3 Å². The predicted molar refractivity (Wildman–Crippen MR) is 49.5 cm³/mol. The number of ether oxygens (including phenoxy) is 1. The normalized spacial score (nSPS) is 15.6. The van der Waals surface area contributed by atoms with Crippen LogP contribution in [-0.4, -0.2) is 24.9 Å². The predicted octanol–water partition coefficient (Wildman–Crippen LogP) is 1.47. The van der Waals surface area contributed by atoms with E-state index in [1.807, 2.05) is 13.0 Å². The first kappa shape index (κ1) is 10.3. The zero-order chi connectivity index (χ0) is 9.68. The third-order valence-corrected chi connectivity index (χ3v) is 2.11. The van der Waals surface area contributed by atoms with E-state index in [1.165, 1.54) is 0 Å². The summed E-state index contributed by atoms with van der Waals surface area (Å²) in [4.78, 5) is 0. The van der Waals surface area contributed by atoms with E-state index in [0.717, 1.165) is 5.56 Å². The summed E-state index contributed by atoms with van der Waals surface area (Å²) >= 11 is 0. The lowest BCUT2D eigenvalue weighted by Gasteiger charge is -2.16. The van der Waals surface area contributed by atoms with Gasteiger partial charge in [0.25, 0.3) is 0 Å². The lowest BCUT2D eigenvalue weighted by molar-refractivity contribution is 0.0574. The van der Waals surface area contributed by atoms with Crippen LogP contribution in [0, 0.1) is 5.92 Å². The molecule has 0 aliphatic heterocycles. The lowest BCUT2D eigenvalue weighted by atomic mass is 10.0. The fraction of sp³-hybridized carbons (Fsp3) is 0.600. The average Bonchev–Trinajstić information content (AvgIpc) is 2.57. The second-order valence-electron chi connectivity index (χ2n) is 3.34. The molecule has 0 amide bonds. The van der Waals surface area contributed by atoms with Gasteiger partial charge in [-0.15, -0.1) is 0 Å². The number of aliphatic hydroxyl groups is 1. The SMILES string of the molecule is COCC(C)C(O)Cc1ccoc1. The molecule has 0 saturated heterocycles. The lowest BCUT2D eigenvalue weighted by Crippen LogP contribution is -2.23. The molecular weight excluding hydrogens is 168 g/mol. The Bertz CT molecular complexity index is 218. The maximum Gasteiger partial charge on any atom is 0.0935 e. The molecule has 0 fully saturated rings. The molecule has 2 atom stereocenters. The van der Waals surface area contributed by atoms with Gasteiger partial charge in [0.1, 0.15) is 0 Å². The summed E-state index contributed by atoms with van der Waals surface area (Å²) in [5.74, 6) is 0.153. The molecule has 74 valence electrons. The summed E-state index contributed by atoms with van der Waals surface area (Å²) in [6, 6.07) is 1.86. The van der Waals surface area contributed by atoms with E-state index in [1.54, 1.807) is 19.6 Å². The van der Waals surface area contributed by atoms with Gasteiger partial charge in [-0.2, -0.15) is 0 Å².